The van der Waals surface area contributed by atoms with Crippen molar-refractivity contribution in [3.8, 4) is 61.3 Å². The maximum absolute atomic E-state index is 2.55. The van der Waals surface area contributed by atoms with Crippen LogP contribution in [0.1, 0.15) is 11.1 Å². The van der Waals surface area contributed by atoms with Gasteiger partial charge >= 0.3 is 0 Å². The summed E-state index contributed by atoms with van der Waals surface area (Å²) in [7, 11) is 0. The van der Waals surface area contributed by atoms with Gasteiger partial charge in [-0.15, -0.1) is 22.7 Å². The number of hydrogen-bond donors (Lipinski definition) is 0. The van der Waals surface area contributed by atoms with Gasteiger partial charge in [-0.1, -0.05) is 97.1 Å². The van der Waals surface area contributed by atoms with E-state index in [1.165, 1.54) is 135 Å². The first-order chi connectivity index (χ1) is 28.7. The Hall–Kier alpha value is -6.78. The Morgan fingerprint density at radius 2 is 0.810 bits per heavy atom. The minimum atomic E-state index is 0.952. The summed E-state index contributed by atoms with van der Waals surface area (Å²) in [5, 5.41) is 7.85. The Labute approximate surface area is 342 Å². The second-order valence-corrected chi connectivity index (χ2v) is 18.1. The number of rotatable bonds is 1. The van der Waals surface area contributed by atoms with Crippen LogP contribution in [0.4, 0.5) is 0 Å². The molecule has 0 aliphatic heterocycles. The molecule has 0 fully saturated rings. The SMILES string of the molecule is c1ccc(-n2c3ccccc3c3cc4c(cc32)-c2cc3c(cc2-c2cc5sc6ccccc6c5cc2-c2cc5c(cc2-4)-c2ccccc2C5)sc2ccccc23)cc1. The molecule has 3 aromatic heterocycles. The highest BCUT2D eigenvalue weighted by atomic mass is 32.1. The van der Waals surface area contributed by atoms with Crippen molar-refractivity contribution in [2.45, 2.75) is 6.42 Å². The van der Waals surface area contributed by atoms with Crippen molar-refractivity contribution in [2.24, 2.45) is 0 Å². The van der Waals surface area contributed by atoms with E-state index in [9.17, 15) is 0 Å². The summed E-state index contributed by atoms with van der Waals surface area (Å²) < 4.78 is 7.79. The van der Waals surface area contributed by atoms with E-state index in [1.54, 1.807) is 0 Å². The number of para-hydroxylation sites is 2. The molecule has 0 unspecified atom stereocenters. The van der Waals surface area contributed by atoms with Gasteiger partial charge in [-0.3, -0.25) is 0 Å². The molecule has 0 spiro atoms. The summed E-state index contributed by atoms with van der Waals surface area (Å²) in [5.74, 6) is 0. The van der Waals surface area contributed by atoms with Gasteiger partial charge in [0, 0.05) is 56.8 Å². The lowest BCUT2D eigenvalue weighted by molar-refractivity contribution is 1.18. The fourth-order valence-corrected chi connectivity index (χ4v) is 12.6. The van der Waals surface area contributed by atoms with Crippen molar-refractivity contribution in [2.75, 3.05) is 0 Å². The summed E-state index contributed by atoms with van der Waals surface area (Å²) in [4.78, 5) is 0. The molecule has 14 rings (SSSR count). The van der Waals surface area contributed by atoms with Gasteiger partial charge in [0.25, 0.3) is 0 Å². The van der Waals surface area contributed by atoms with Crippen molar-refractivity contribution < 1.29 is 0 Å². The third kappa shape index (κ3) is 4.19. The second-order valence-electron chi connectivity index (χ2n) is 16.0. The molecule has 0 saturated heterocycles. The molecule has 0 saturated carbocycles. The summed E-state index contributed by atoms with van der Waals surface area (Å²) in [6, 6.07) is 66.9. The number of nitrogens with zero attached hydrogens (tertiary/aromatic N) is 1. The predicted molar refractivity (Wildman–Crippen MR) is 250 cm³/mol. The molecule has 2 aliphatic carbocycles. The zero-order chi connectivity index (χ0) is 37.6. The van der Waals surface area contributed by atoms with Crippen LogP contribution in [0.15, 0.2) is 176 Å². The molecule has 0 N–H and O–H groups in total. The van der Waals surface area contributed by atoms with Gasteiger partial charge in [0.2, 0.25) is 0 Å². The highest BCUT2D eigenvalue weighted by Crippen LogP contribution is 2.55. The zero-order valence-corrected chi connectivity index (χ0v) is 32.8. The van der Waals surface area contributed by atoms with Crippen LogP contribution in [-0.4, -0.2) is 4.57 Å². The Morgan fingerprint density at radius 1 is 0.293 bits per heavy atom. The molecule has 2 aliphatic rings. The topological polar surface area (TPSA) is 4.93 Å². The van der Waals surface area contributed by atoms with Gasteiger partial charge < -0.3 is 4.57 Å². The van der Waals surface area contributed by atoms with Crippen molar-refractivity contribution in [1.29, 1.82) is 0 Å². The van der Waals surface area contributed by atoms with Crippen LogP contribution in [0.3, 0.4) is 0 Å². The summed E-state index contributed by atoms with van der Waals surface area (Å²) in [6.07, 6.45) is 0.952. The molecule has 0 atom stereocenters. The quantitative estimate of drug-likeness (QED) is 0.157. The van der Waals surface area contributed by atoms with Gasteiger partial charge in [-0.25, -0.2) is 0 Å². The van der Waals surface area contributed by atoms with E-state index in [2.05, 4.69) is 180 Å². The third-order valence-electron chi connectivity index (χ3n) is 13.0. The number of benzene rings is 9. The lowest BCUT2D eigenvalue weighted by Crippen LogP contribution is -2.00. The molecular weight excluding hydrogens is 739 g/mol. The summed E-state index contributed by atoms with van der Waals surface area (Å²) in [6.45, 7) is 0. The average molecular weight is 770 g/mol. The molecular formula is C55H31NS2. The van der Waals surface area contributed by atoms with Gasteiger partial charge in [0.05, 0.1) is 11.0 Å². The van der Waals surface area contributed by atoms with Gasteiger partial charge in [-0.05, 0) is 152 Å². The Kier molecular flexibility index (Phi) is 6.17. The van der Waals surface area contributed by atoms with Crippen LogP contribution in [-0.2, 0) is 6.42 Å². The van der Waals surface area contributed by atoms with E-state index >= 15 is 0 Å². The lowest BCUT2D eigenvalue weighted by atomic mass is 9.78. The maximum Gasteiger partial charge on any atom is 0.0547 e. The maximum atomic E-state index is 2.55. The minimum Gasteiger partial charge on any atom is -0.309 e. The highest BCUT2D eigenvalue weighted by Gasteiger charge is 2.29. The van der Waals surface area contributed by atoms with Crippen molar-refractivity contribution in [1.82, 2.24) is 4.57 Å². The Balaban J connectivity index is 1.20. The smallest absolute Gasteiger partial charge is 0.0547 e. The fourth-order valence-electron chi connectivity index (χ4n) is 10.4. The number of aromatic nitrogens is 1. The van der Waals surface area contributed by atoms with Crippen LogP contribution in [0, 0.1) is 0 Å². The standard InChI is InChI=1S/C55H31NS2/c1-2-13-33(14-3-1)56-50-19-9-6-16-35(50)47-25-41-40-24-38-32(22-31-12-4-5-15-34(31)38)23-39(40)42-26-48-36-17-7-10-20-52(36)57-54(48)29-45(42)46-30-55-49(27-43(46)44(41)28-51(47)56)37-18-8-11-21-53(37)58-55/h1-21,23-30H,22H2. The van der Waals surface area contributed by atoms with Gasteiger partial charge in [-0.2, -0.15) is 0 Å². The van der Waals surface area contributed by atoms with Gasteiger partial charge in [0.15, 0.2) is 0 Å². The molecule has 3 heterocycles. The van der Waals surface area contributed by atoms with Gasteiger partial charge in [0.1, 0.15) is 0 Å². The lowest BCUT2D eigenvalue weighted by Gasteiger charge is -2.25. The van der Waals surface area contributed by atoms with Crippen molar-refractivity contribution >= 4 is 84.8 Å². The fraction of sp³-hybridized carbons (Fsp3) is 0.0182. The molecule has 0 radical (unpaired) electrons. The van der Waals surface area contributed by atoms with Crippen LogP contribution in [0.25, 0.3) is 123 Å². The largest absolute Gasteiger partial charge is 0.309 e. The van der Waals surface area contributed by atoms with Crippen molar-refractivity contribution in [3.63, 3.8) is 0 Å². The Bertz CT molecular complexity index is 3760. The first-order valence-electron chi connectivity index (χ1n) is 20.0. The van der Waals surface area contributed by atoms with E-state index in [0.717, 1.165) is 6.42 Å². The average Bonchev–Trinajstić information content (AvgIpc) is 4.02. The molecule has 9 aromatic carbocycles. The van der Waals surface area contributed by atoms with E-state index in [0.29, 0.717) is 0 Å². The number of thiophene rings is 2. The monoisotopic (exact) mass is 769 g/mol. The zero-order valence-electron chi connectivity index (χ0n) is 31.2. The van der Waals surface area contributed by atoms with E-state index < -0.39 is 0 Å². The van der Waals surface area contributed by atoms with Crippen molar-refractivity contribution in [3.05, 3.63) is 187 Å². The second kappa shape index (κ2) is 11.4. The van der Waals surface area contributed by atoms with E-state index in [1.807, 2.05) is 22.7 Å². The first kappa shape index (κ1) is 31.3. The first-order valence-corrected chi connectivity index (χ1v) is 21.7. The molecule has 268 valence electrons. The molecule has 58 heavy (non-hydrogen) atoms. The van der Waals surface area contributed by atoms with Crippen LogP contribution in [0.2, 0.25) is 0 Å². The predicted octanol–water partition coefficient (Wildman–Crippen LogP) is 16.1. The molecule has 3 heteroatoms. The highest BCUT2D eigenvalue weighted by molar-refractivity contribution is 7.26. The molecule has 0 amide bonds. The summed E-state index contributed by atoms with van der Waals surface area (Å²) >= 11 is 3.82. The number of fused-ring (bicyclic) bond motifs is 20. The molecule has 0 bridgehead atoms. The molecule has 12 aromatic rings. The van der Waals surface area contributed by atoms with Crippen LogP contribution in [0.5, 0.6) is 0 Å². The summed E-state index contributed by atoms with van der Waals surface area (Å²) in [5.41, 5.74) is 19.5. The third-order valence-corrected chi connectivity index (χ3v) is 15.2. The minimum absolute atomic E-state index is 0.952. The normalized spacial score (nSPS) is 12.8. The van der Waals surface area contributed by atoms with E-state index in [-0.39, 0.29) is 0 Å². The number of hydrogen-bond acceptors (Lipinski definition) is 2. The Morgan fingerprint density at radius 3 is 1.52 bits per heavy atom. The molecule has 1 nitrogen and oxygen atoms in total. The van der Waals surface area contributed by atoms with E-state index in [4.69, 9.17) is 0 Å². The van der Waals surface area contributed by atoms with Crippen LogP contribution >= 0.6 is 22.7 Å². The van der Waals surface area contributed by atoms with Crippen LogP contribution < -0.4 is 0 Å².